The molecule has 0 unspecified atom stereocenters. The summed E-state index contributed by atoms with van der Waals surface area (Å²) in [5, 5.41) is 0. The number of likely N-dealkylation sites (tertiary alicyclic amines) is 1. The molecule has 2 aliphatic heterocycles. The van der Waals surface area contributed by atoms with E-state index >= 15 is 0 Å². The Labute approximate surface area is 163 Å². The van der Waals surface area contributed by atoms with Crippen LogP contribution in [0.3, 0.4) is 0 Å². The lowest BCUT2D eigenvalue weighted by Crippen LogP contribution is -2.53. The Morgan fingerprint density at radius 3 is 2.11 bits per heavy atom. The van der Waals surface area contributed by atoms with Crippen LogP contribution in [0.4, 0.5) is 0 Å². The number of aryl methyl sites for hydroxylation is 1. The van der Waals surface area contributed by atoms with E-state index in [4.69, 9.17) is 0 Å². The largest absolute Gasteiger partial charge is 0.339 e. The lowest BCUT2D eigenvalue weighted by atomic mass is 9.92. The van der Waals surface area contributed by atoms with Gasteiger partial charge in [-0.1, -0.05) is 31.5 Å². The Hall–Kier alpha value is -1.44. The van der Waals surface area contributed by atoms with Gasteiger partial charge in [0.05, 0.1) is 11.4 Å². The summed E-state index contributed by atoms with van der Waals surface area (Å²) in [5.74, 6) is 1.36. The fraction of sp³-hybridized carbons (Fsp3) is 0.650. The van der Waals surface area contributed by atoms with Crippen LogP contribution in [0.1, 0.15) is 25.8 Å². The van der Waals surface area contributed by atoms with Crippen LogP contribution >= 0.6 is 0 Å². The molecule has 6 nitrogen and oxygen atoms in total. The number of sulfonamides is 1. The smallest absolute Gasteiger partial charge is 0.243 e. The van der Waals surface area contributed by atoms with Crippen LogP contribution in [0.25, 0.3) is 0 Å². The number of amides is 1. The van der Waals surface area contributed by atoms with Crippen LogP contribution in [0.2, 0.25) is 0 Å². The molecule has 2 aliphatic rings. The van der Waals surface area contributed by atoms with Crippen LogP contribution in [-0.4, -0.2) is 74.2 Å². The van der Waals surface area contributed by atoms with Crippen molar-refractivity contribution < 1.29 is 13.2 Å². The Morgan fingerprint density at radius 2 is 1.56 bits per heavy atom. The third-order valence-electron chi connectivity index (χ3n) is 5.55. The van der Waals surface area contributed by atoms with E-state index < -0.39 is 10.0 Å². The number of piperidine rings is 1. The minimum atomic E-state index is -3.48. The second-order valence-electron chi connectivity index (χ2n) is 8.24. The molecule has 1 amide bonds. The lowest BCUT2D eigenvalue weighted by molar-refractivity contribution is -0.134. The van der Waals surface area contributed by atoms with Crippen LogP contribution in [-0.2, 0) is 14.8 Å². The molecule has 2 atom stereocenters. The van der Waals surface area contributed by atoms with E-state index in [9.17, 15) is 13.2 Å². The van der Waals surface area contributed by atoms with Crippen molar-refractivity contribution in [2.45, 2.75) is 32.1 Å². The van der Waals surface area contributed by atoms with E-state index in [1.165, 1.54) is 10.7 Å². The predicted octanol–water partition coefficient (Wildman–Crippen LogP) is 1.81. The van der Waals surface area contributed by atoms with E-state index in [1.54, 1.807) is 12.1 Å². The molecule has 0 aliphatic carbocycles. The van der Waals surface area contributed by atoms with Crippen molar-refractivity contribution in [1.29, 1.82) is 0 Å². The average Bonchev–Trinajstić information content (AvgIpc) is 2.61. The summed E-state index contributed by atoms with van der Waals surface area (Å²) in [6.45, 7) is 10.4. The van der Waals surface area contributed by atoms with Crippen molar-refractivity contribution in [3.05, 3.63) is 29.8 Å². The minimum Gasteiger partial charge on any atom is -0.339 e. The third-order valence-corrected chi connectivity index (χ3v) is 7.47. The van der Waals surface area contributed by atoms with Crippen LogP contribution in [0.5, 0.6) is 0 Å². The van der Waals surface area contributed by atoms with Gasteiger partial charge in [-0.05, 0) is 37.3 Å². The van der Waals surface area contributed by atoms with Crippen molar-refractivity contribution in [2.24, 2.45) is 11.8 Å². The van der Waals surface area contributed by atoms with Gasteiger partial charge in [0.25, 0.3) is 0 Å². The van der Waals surface area contributed by atoms with Crippen LogP contribution in [0.15, 0.2) is 29.2 Å². The molecule has 1 aromatic carbocycles. The van der Waals surface area contributed by atoms with Gasteiger partial charge in [-0.25, -0.2) is 8.42 Å². The fourth-order valence-electron chi connectivity index (χ4n) is 4.25. The second-order valence-corrected chi connectivity index (χ2v) is 10.2. The normalized spacial score (nSPS) is 25.5. The maximum Gasteiger partial charge on any atom is 0.243 e. The molecule has 0 bridgehead atoms. The van der Waals surface area contributed by atoms with Crippen molar-refractivity contribution in [2.75, 3.05) is 45.8 Å². The summed E-state index contributed by atoms with van der Waals surface area (Å²) < 4.78 is 27.0. The maximum absolute atomic E-state index is 12.8. The van der Waals surface area contributed by atoms with Crippen molar-refractivity contribution in [1.82, 2.24) is 14.1 Å². The van der Waals surface area contributed by atoms with E-state index in [1.807, 2.05) is 24.0 Å². The number of hydrogen-bond acceptors (Lipinski definition) is 4. The highest BCUT2D eigenvalue weighted by Crippen LogP contribution is 2.21. The number of carbonyl (C=O) groups excluding carboxylic acids is 1. The zero-order valence-electron chi connectivity index (χ0n) is 16.6. The van der Waals surface area contributed by atoms with Crippen LogP contribution in [0, 0.1) is 18.8 Å². The molecular formula is C20H31N3O3S. The molecule has 1 aromatic rings. The summed E-state index contributed by atoms with van der Waals surface area (Å²) in [6, 6.07) is 6.93. The molecule has 7 heteroatoms. The summed E-state index contributed by atoms with van der Waals surface area (Å²) in [6.07, 6.45) is 1.22. The van der Waals surface area contributed by atoms with Crippen molar-refractivity contribution >= 4 is 15.9 Å². The standard InChI is InChI=1S/C20H31N3O3S/c1-16-4-6-19(7-5-16)27(25,26)23-10-8-22(9-11-23)20(24)15-21-13-17(2)12-18(3)14-21/h4-7,17-18H,8-15H2,1-3H3/t17-,18-/m1/s1. The SMILES string of the molecule is Cc1ccc(S(=O)(=O)N2CCN(C(=O)CN3C[C@H](C)C[C@@H](C)C3)CC2)cc1. The fourth-order valence-corrected chi connectivity index (χ4v) is 5.67. The first kappa shape index (κ1) is 20.3. The number of nitrogens with zero attached hydrogens (tertiary/aromatic N) is 3. The summed E-state index contributed by atoms with van der Waals surface area (Å²) in [4.78, 5) is 17.0. The first-order chi connectivity index (χ1) is 12.8. The zero-order chi connectivity index (χ0) is 19.6. The highest BCUT2D eigenvalue weighted by atomic mass is 32.2. The van der Waals surface area contributed by atoms with E-state index in [-0.39, 0.29) is 5.91 Å². The van der Waals surface area contributed by atoms with Gasteiger partial charge in [-0.2, -0.15) is 4.31 Å². The van der Waals surface area contributed by atoms with Crippen molar-refractivity contribution in [3.8, 4) is 0 Å². The van der Waals surface area contributed by atoms with Gasteiger partial charge in [-0.15, -0.1) is 0 Å². The zero-order valence-corrected chi connectivity index (χ0v) is 17.4. The molecule has 0 aromatic heterocycles. The topological polar surface area (TPSA) is 60.9 Å². The van der Waals surface area contributed by atoms with Gasteiger partial charge in [0.2, 0.25) is 15.9 Å². The first-order valence-electron chi connectivity index (χ1n) is 9.82. The first-order valence-corrected chi connectivity index (χ1v) is 11.3. The highest BCUT2D eigenvalue weighted by molar-refractivity contribution is 7.89. The average molecular weight is 394 g/mol. The van der Waals surface area contributed by atoms with Crippen LogP contribution < -0.4 is 0 Å². The van der Waals surface area contributed by atoms with Gasteiger partial charge >= 0.3 is 0 Å². The summed E-state index contributed by atoms with van der Waals surface area (Å²) >= 11 is 0. The molecule has 2 heterocycles. The Kier molecular flexibility index (Phi) is 6.23. The van der Waals surface area contributed by atoms with Crippen molar-refractivity contribution in [3.63, 3.8) is 0 Å². The predicted molar refractivity (Wildman–Crippen MR) is 106 cm³/mol. The van der Waals surface area contributed by atoms with Gasteiger partial charge in [0, 0.05) is 39.3 Å². The minimum absolute atomic E-state index is 0.115. The molecule has 3 rings (SSSR count). The molecule has 0 radical (unpaired) electrons. The number of hydrogen-bond donors (Lipinski definition) is 0. The monoisotopic (exact) mass is 393 g/mol. The number of carbonyl (C=O) groups is 1. The lowest BCUT2D eigenvalue weighted by Gasteiger charge is -2.38. The molecule has 2 saturated heterocycles. The number of rotatable bonds is 4. The molecule has 0 N–H and O–H groups in total. The maximum atomic E-state index is 12.8. The Morgan fingerprint density at radius 1 is 1.00 bits per heavy atom. The number of benzene rings is 1. The Balaban J connectivity index is 1.55. The van der Waals surface area contributed by atoms with Gasteiger partial charge in [0.1, 0.15) is 0 Å². The third kappa shape index (κ3) is 4.89. The molecule has 0 saturated carbocycles. The summed E-state index contributed by atoms with van der Waals surface area (Å²) in [7, 11) is -3.48. The van der Waals surface area contributed by atoms with Gasteiger partial charge in [0.15, 0.2) is 0 Å². The molecule has 2 fully saturated rings. The molecule has 27 heavy (non-hydrogen) atoms. The van der Waals surface area contributed by atoms with E-state index in [0.29, 0.717) is 49.5 Å². The molecule has 0 spiro atoms. The molecule has 150 valence electrons. The van der Waals surface area contributed by atoms with E-state index in [2.05, 4.69) is 18.7 Å². The van der Waals surface area contributed by atoms with Gasteiger partial charge in [-0.3, -0.25) is 9.69 Å². The Bertz CT molecular complexity index is 745. The quantitative estimate of drug-likeness (QED) is 0.783. The van der Waals surface area contributed by atoms with Gasteiger partial charge < -0.3 is 4.90 Å². The number of piperazine rings is 1. The second kappa shape index (κ2) is 8.29. The molecular weight excluding hydrogens is 362 g/mol. The summed E-state index contributed by atoms with van der Waals surface area (Å²) in [5.41, 5.74) is 1.03. The highest BCUT2D eigenvalue weighted by Gasteiger charge is 2.31. The van der Waals surface area contributed by atoms with E-state index in [0.717, 1.165) is 18.7 Å².